The molecule has 0 spiro atoms. The van der Waals surface area contributed by atoms with Gasteiger partial charge < -0.3 is 9.64 Å². The van der Waals surface area contributed by atoms with Gasteiger partial charge in [-0.05, 0) is 56.8 Å². The highest BCUT2D eigenvalue weighted by atomic mass is 32.1. The van der Waals surface area contributed by atoms with Crippen molar-refractivity contribution in [2.24, 2.45) is 0 Å². The van der Waals surface area contributed by atoms with E-state index in [0.29, 0.717) is 16.8 Å². The van der Waals surface area contributed by atoms with Gasteiger partial charge in [-0.15, -0.1) is 5.10 Å². The van der Waals surface area contributed by atoms with E-state index in [9.17, 15) is 5.26 Å². The molecule has 172 valence electrons. The van der Waals surface area contributed by atoms with E-state index < -0.39 is 0 Å². The number of hydrogen-bond acceptors (Lipinski definition) is 9. The molecule has 1 fully saturated rings. The maximum absolute atomic E-state index is 9.61. The maximum atomic E-state index is 9.61. The number of aromatic nitrogens is 6. The number of nitrogens with zero attached hydrogens (tertiary/aromatic N) is 9. The Hall–Kier alpha value is -3.96. The largest absolute Gasteiger partial charge is 0.483 e. The second kappa shape index (κ2) is 8.76. The van der Waals surface area contributed by atoms with Gasteiger partial charge in [0.15, 0.2) is 6.19 Å². The summed E-state index contributed by atoms with van der Waals surface area (Å²) in [6, 6.07) is 4.31. The molecule has 4 aromatic heterocycles. The number of hydrogen-bond donors (Lipinski definition) is 0. The lowest BCUT2D eigenvalue weighted by Gasteiger charge is -2.28. The van der Waals surface area contributed by atoms with Gasteiger partial charge in [-0.25, -0.2) is 13.6 Å². The zero-order chi connectivity index (χ0) is 23.8. The predicted octanol–water partition coefficient (Wildman–Crippen LogP) is 3.80. The minimum absolute atomic E-state index is 0.203. The standard InChI is InChI=1S/C23H23N9OS/c1-14-10-27-34-23(14)16(3)33-20-8-17(12-31-22(20)18(9-24)11-26-31)21-15(2)32(29-28-21)19-4-6-30(13-25)7-5-19/h8,10-12,16,19H,4-7H2,1-3H3. The van der Waals surface area contributed by atoms with Crippen LogP contribution < -0.4 is 4.74 Å². The van der Waals surface area contributed by atoms with E-state index >= 15 is 0 Å². The second-order valence-corrected chi connectivity index (χ2v) is 9.31. The molecule has 0 amide bonds. The quantitative estimate of drug-likeness (QED) is 0.401. The summed E-state index contributed by atoms with van der Waals surface area (Å²) in [5.74, 6) is 0.558. The monoisotopic (exact) mass is 473 g/mol. The van der Waals surface area contributed by atoms with Crippen LogP contribution in [0.2, 0.25) is 0 Å². The highest BCUT2D eigenvalue weighted by Crippen LogP contribution is 2.35. The van der Waals surface area contributed by atoms with Gasteiger partial charge in [-0.1, -0.05) is 5.21 Å². The average Bonchev–Trinajstić information content (AvgIpc) is 3.57. The van der Waals surface area contributed by atoms with Crippen molar-refractivity contribution in [2.45, 2.75) is 45.8 Å². The van der Waals surface area contributed by atoms with Gasteiger partial charge in [0, 0.05) is 31.0 Å². The predicted molar refractivity (Wildman–Crippen MR) is 125 cm³/mol. The number of piperidine rings is 1. The van der Waals surface area contributed by atoms with E-state index in [1.165, 1.54) is 11.5 Å². The second-order valence-electron chi connectivity index (χ2n) is 8.48. The van der Waals surface area contributed by atoms with Crippen molar-refractivity contribution in [2.75, 3.05) is 13.1 Å². The Morgan fingerprint density at radius 1 is 1.21 bits per heavy atom. The molecule has 0 radical (unpaired) electrons. The third-order valence-electron chi connectivity index (χ3n) is 6.31. The summed E-state index contributed by atoms with van der Waals surface area (Å²) >= 11 is 1.41. The van der Waals surface area contributed by atoms with Crippen molar-refractivity contribution in [1.29, 1.82) is 10.5 Å². The van der Waals surface area contributed by atoms with Crippen molar-refractivity contribution in [3.05, 3.63) is 46.4 Å². The SMILES string of the molecule is Cc1cnsc1C(C)Oc1cc(-c2nnn(C3CCN(C#N)CC3)c2C)cn2ncc(C#N)c12. The molecule has 5 heterocycles. The number of ether oxygens (including phenoxy) is 1. The first kappa shape index (κ1) is 21.9. The van der Waals surface area contributed by atoms with Crippen LogP contribution in [-0.4, -0.2) is 47.0 Å². The number of nitriles is 2. The van der Waals surface area contributed by atoms with Gasteiger partial charge in [-0.2, -0.15) is 15.6 Å². The van der Waals surface area contributed by atoms with Gasteiger partial charge in [0.05, 0.1) is 22.8 Å². The van der Waals surface area contributed by atoms with E-state index in [1.54, 1.807) is 15.6 Å². The van der Waals surface area contributed by atoms with E-state index in [1.807, 2.05) is 43.9 Å². The number of fused-ring (bicyclic) bond motifs is 1. The Morgan fingerprint density at radius 3 is 2.68 bits per heavy atom. The van der Waals surface area contributed by atoms with E-state index in [2.05, 4.69) is 32.0 Å². The number of rotatable bonds is 5. The van der Waals surface area contributed by atoms with E-state index in [4.69, 9.17) is 10.00 Å². The highest BCUT2D eigenvalue weighted by molar-refractivity contribution is 7.06. The molecule has 4 aromatic rings. The van der Waals surface area contributed by atoms with Gasteiger partial charge in [0.2, 0.25) is 0 Å². The maximum Gasteiger partial charge on any atom is 0.179 e. The molecule has 0 bridgehead atoms. The average molecular weight is 474 g/mol. The van der Waals surface area contributed by atoms with Gasteiger partial charge in [0.1, 0.15) is 34.7 Å². The van der Waals surface area contributed by atoms with Crippen LogP contribution in [0.3, 0.4) is 0 Å². The summed E-state index contributed by atoms with van der Waals surface area (Å²) in [6.45, 7) is 7.43. The van der Waals surface area contributed by atoms with E-state index in [-0.39, 0.29) is 12.1 Å². The van der Waals surface area contributed by atoms with Gasteiger partial charge in [-0.3, -0.25) is 0 Å². The minimum Gasteiger partial charge on any atom is -0.483 e. The summed E-state index contributed by atoms with van der Waals surface area (Å²) in [6.07, 6.45) is 8.90. The first-order chi connectivity index (χ1) is 16.5. The third-order valence-corrected chi connectivity index (χ3v) is 7.37. The Labute approximate surface area is 200 Å². The summed E-state index contributed by atoms with van der Waals surface area (Å²) in [7, 11) is 0. The molecular formula is C23H23N9OS. The lowest BCUT2D eigenvalue weighted by Crippen LogP contribution is -2.31. The Bertz CT molecular complexity index is 1430. The fourth-order valence-corrected chi connectivity index (χ4v) is 5.20. The molecule has 0 aromatic carbocycles. The van der Waals surface area contributed by atoms with Crippen LogP contribution in [0.4, 0.5) is 0 Å². The number of likely N-dealkylation sites (tertiary alicyclic amines) is 1. The van der Waals surface area contributed by atoms with E-state index in [0.717, 1.165) is 53.3 Å². The van der Waals surface area contributed by atoms with Crippen molar-refractivity contribution >= 4 is 17.0 Å². The van der Waals surface area contributed by atoms with Crippen LogP contribution in [0.15, 0.2) is 24.7 Å². The lowest BCUT2D eigenvalue weighted by atomic mass is 10.0. The molecule has 10 nitrogen and oxygen atoms in total. The number of pyridine rings is 1. The molecule has 34 heavy (non-hydrogen) atoms. The number of aryl methyl sites for hydroxylation is 1. The van der Waals surface area contributed by atoms with Crippen LogP contribution in [0.5, 0.6) is 5.75 Å². The summed E-state index contributed by atoms with van der Waals surface area (Å²) in [5.41, 5.74) is 4.62. The molecule has 1 aliphatic rings. The molecule has 0 saturated carbocycles. The van der Waals surface area contributed by atoms with Crippen LogP contribution >= 0.6 is 11.5 Å². The smallest absolute Gasteiger partial charge is 0.179 e. The first-order valence-corrected chi connectivity index (χ1v) is 11.8. The normalized spacial score (nSPS) is 15.3. The lowest BCUT2D eigenvalue weighted by molar-refractivity contribution is 0.232. The minimum atomic E-state index is -0.241. The Kier molecular flexibility index (Phi) is 5.64. The molecule has 1 unspecified atom stereocenters. The Balaban J connectivity index is 1.53. The van der Waals surface area contributed by atoms with Crippen molar-refractivity contribution in [3.8, 4) is 29.3 Å². The van der Waals surface area contributed by atoms with Crippen molar-refractivity contribution in [3.63, 3.8) is 0 Å². The zero-order valence-corrected chi connectivity index (χ0v) is 20.0. The topological polar surface area (TPSA) is 121 Å². The fraction of sp³-hybridized carbons (Fsp3) is 0.391. The van der Waals surface area contributed by atoms with Crippen molar-refractivity contribution < 1.29 is 4.74 Å². The van der Waals surface area contributed by atoms with Crippen molar-refractivity contribution in [1.82, 2.24) is 33.9 Å². The molecule has 1 saturated heterocycles. The third kappa shape index (κ3) is 3.74. The molecule has 1 aliphatic heterocycles. The highest BCUT2D eigenvalue weighted by Gasteiger charge is 2.25. The molecule has 11 heteroatoms. The molecule has 5 rings (SSSR count). The first-order valence-electron chi connectivity index (χ1n) is 11.1. The Morgan fingerprint density at radius 2 is 2.00 bits per heavy atom. The zero-order valence-electron chi connectivity index (χ0n) is 19.1. The summed E-state index contributed by atoms with van der Waals surface area (Å²) in [4.78, 5) is 2.81. The molecule has 0 aliphatic carbocycles. The van der Waals surface area contributed by atoms with Crippen LogP contribution in [-0.2, 0) is 0 Å². The fourth-order valence-electron chi connectivity index (χ4n) is 4.49. The molecule has 0 N–H and O–H groups in total. The summed E-state index contributed by atoms with van der Waals surface area (Å²) < 4.78 is 14.3. The molecular weight excluding hydrogens is 450 g/mol. The summed E-state index contributed by atoms with van der Waals surface area (Å²) in [5, 5.41) is 32.0. The van der Waals surface area contributed by atoms with Gasteiger partial charge >= 0.3 is 0 Å². The van der Waals surface area contributed by atoms with Crippen LogP contribution in [0.1, 0.15) is 53.6 Å². The van der Waals surface area contributed by atoms with Gasteiger partial charge in [0.25, 0.3) is 0 Å². The molecule has 1 atom stereocenters. The van der Waals surface area contributed by atoms with Crippen LogP contribution in [0, 0.1) is 36.6 Å². The van der Waals surface area contributed by atoms with Crippen LogP contribution in [0.25, 0.3) is 16.8 Å².